The predicted octanol–water partition coefficient (Wildman–Crippen LogP) is 1.60. The first-order chi connectivity index (χ1) is 11.5. The molecule has 0 aliphatic rings. The van der Waals surface area contributed by atoms with E-state index in [1.54, 1.807) is 22.9 Å². The molecule has 8 nitrogen and oxygen atoms in total. The van der Waals surface area contributed by atoms with Gasteiger partial charge >= 0.3 is 0 Å². The Labute approximate surface area is 143 Å². The molecule has 0 aliphatic carbocycles. The van der Waals surface area contributed by atoms with Gasteiger partial charge in [-0.1, -0.05) is 11.6 Å². The fraction of sp³-hybridized carbons (Fsp3) is 0.267. The van der Waals surface area contributed by atoms with E-state index in [2.05, 4.69) is 25.9 Å². The van der Waals surface area contributed by atoms with Gasteiger partial charge in [0.05, 0.1) is 22.0 Å². The standard InChI is InChI=1S/C15H16ClN7O/c1-9-13(10(2)22(3)19-9)7-17-15(24)12-6-11(4-5-14(12)16)23-8-18-20-21-23/h4-6,8H,7H2,1-3H3,(H,17,24). The minimum absolute atomic E-state index is 0.266. The van der Waals surface area contributed by atoms with E-state index in [4.69, 9.17) is 11.6 Å². The van der Waals surface area contributed by atoms with Crippen molar-refractivity contribution in [3.05, 3.63) is 52.1 Å². The van der Waals surface area contributed by atoms with Crippen molar-refractivity contribution < 1.29 is 4.79 Å². The van der Waals surface area contributed by atoms with Crippen LogP contribution in [-0.2, 0) is 13.6 Å². The van der Waals surface area contributed by atoms with Gasteiger partial charge < -0.3 is 5.32 Å². The molecule has 1 aromatic carbocycles. The zero-order valence-corrected chi connectivity index (χ0v) is 14.2. The molecule has 24 heavy (non-hydrogen) atoms. The Morgan fingerprint density at radius 3 is 2.75 bits per heavy atom. The van der Waals surface area contributed by atoms with Gasteiger partial charge in [0.15, 0.2) is 0 Å². The minimum Gasteiger partial charge on any atom is -0.348 e. The van der Waals surface area contributed by atoms with Crippen LogP contribution in [0, 0.1) is 13.8 Å². The average molecular weight is 346 g/mol. The maximum Gasteiger partial charge on any atom is 0.253 e. The zero-order valence-electron chi connectivity index (χ0n) is 13.5. The number of halogens is 1. The van der Waals surface area contributed by atoms with Crippen LogP contribution in [-0.4, -0.2) is 35.9 Å². The Morgan fingerprint density at radius 1 is 1.33 bits per heavy atom. The molecule has 0 fully saturated rings. The zero-order chi connectivity index (χ0) is 17.3. The predicted molar refractivity (Wildman–Crippen MR) is 88.0 cm³/mol. The van der Waals surface area contributed by atoms with E-state index < -0.39 is 0 Å². The van der Waals surface area contributed by atoms with Crippen molar-refractivity contribution in [1.29, 1.82) is 0 Å². The third-order valence-corrected chi connectivity index (χ3v) is 4.22. The Hall–Kier alpha value is -2.74. The highest BCUT2D eigenvalue weighted by Gasteiger charge is 2.15. The van der Waals surface area contributed by atoms with Crippen molar-refractivity contribution >= 4 is 17.5 Å². The highest BCUT2D eigenvalue weighted by Crippen LogP contribution is 2.20. The summed E-state index contributed by atoms with van der Waals surface area (Å²) >= 11 is 6.16. The van der Waals surface area contributed by atoms with Gasteiger partial charge in [-0.25, -0.2) is 4.68 Å². The number of aryl methyl sites for hydroxylation is 2. The van der Waals surface area contributed by atoms with Crippen molar-refractivity contribution in [3.63, 3.8) is 0 Å². The number of carbonyl (C=O) groups is 1. The molecule has 0 bridgehead atoms. The molecular weight excluding hydrogens is 330 g/mol. The smallest absolute Gasteiger partial charge is 0.253 e. The number of amides is 1. The number of nitrogens with one attached hydrogen (secondary N) is 1. The highest BCUT2D eigenvalue weighted by molar-refractivity contribution is 6.33. The molecule has 0 aliphatic heterocycles. The first-order valence-corrected chi connectivity index (χ1v) is 7.65. The average Bonchev–Trinajstić information content (AvgIpc) is 3.16. The van der Waals surface area contributed by atoms with Gasteiger partial charge in [0.2, 0.25) is 0 Å². The van der Waals surface area contributed by atoms with Gasteiger partial charge in [0, 0.05) is 24.8 Å². The fourth-order valence-electron chi connectivity index (χ4n) is 2.45. The molecule has 124 valence electrons. The lowest BCUT2D eigenvalue weighted by atomic mass is 10.1. The molecule has 2 aromatic heterocycles. The summed E-state index contributed by atoms with van der Waals surface area (Å²) < 4.78 is 3.25. The second kappa shape index (κ2) is 6.40. The SMILES string of the molecule is Cc1nn(C)c(C)c1CNC(=O)c1cc(-n2cnnn2)ccc1Cl. The van der Waals surface area contributed by atoms with Crippen LogP contribution in [0.5, 0.6) is 0 Å². The van der Waals surface area contributed by atoms with Crippen molar-refractivity contribution in [2.75, 3.05) is 0 Å². The first kappa shape index (κ1) is 16.1. The van der Waals surface area contributed by atoms with E-state index in [1.807, 2.05) is 20.9 Å². The van der Waals surface area contributed by atoms with E-state index in [9.17, 15) is 4.79 Å². The molecule has 2 heterocycles. The number of carbonyl (C=O) groups excluding carboxylic acids is 1. The molecule has 3 rings (SSSR count). The third-order valence-electron chi connectivity index (χ3n) is 3.89. The molecule has 3 aromatic rings. The lowest BCUT2D eigenvalue weighted by molar-refractivity contribution is 0.0951. The van der Waals surface area contributed by atoms with Gasteiger partial charge in [0.25, 0.3) is 5.91 Å². The Balaban J connectivity index is 1.81. The van der Waals surface area contributed by atoms with E-state index in [1.165, 1.54) is 11.0 Å². The second-order valence-corrected chi connectivity index (χ2v) is 5.78. The van der Waals surface area contributed by atoms with Crippen LogP contribution in [0.4, 0.5) is 0 Å². The van der Waals surface area contributed by atoms with E-state index in [-0.39, 0.29) is 5.91 Å². The van der Waals surface area contributed by atoms with Gasteiger partial charge in [0.1, 0.15) is 6.33 Å². The molecule has 0 spiro atoms. The van der Waals surface area contributed by atoms with Crippen LogP contribution in [0.3, 0.4) is 0 Å². The summed E-state index contributed by atoms with van der Waals surface area (Å²) in [6, 6.07) is 5.04. The molecule has 0 saturated carbocycles. The van der Waals surface area contributed by atoms with Gasteiger partial charge in [-0.15, -0.1) is 5.10 Å². The molecular formula is C15H16ClN7O. The largest absolute Gasteiger partial charge is 0.348 e. The Bertz CT molecular complexity index is 886. The van der Waals surface area contributed by atoms with Crippen LogP contribution in [0.25, 0.3) is 5.69 Å². The number of tetrazole rings is 1. The third kappa shape index (κ3) is 3.00. The number of hydrogen-bond acceptors (Lipinski definition) is 5. The summed E-state index contributed by atoms with van der Waals surface area (Å²) in [5.41, 5.74) is 3.93. The molecule has 9 heteroatoms. The lowest BCUT2D eigenvalue weighted by Gasteiger charge is -2.09. The maximum absolute atomic E-state index is 12.5. The van der Waals surface area contributed by atoms with E-state index in [0.29, 0.717) is 22.8 Å². The lowest BCUT2D eigenvalue weighted by Crippen LogP contribution is -2.24. The van der Waals surface area contributed by atoms with Crippen molar-refractivity contribution in [2.45, 2.75) is 20.4 Å². The van der Waals surface area contributed by atoms with Gasteiger partial charge in [-0.05, 0) is 42.5 Å². The Morgan fingerprint density at radius 2 is 2.12 bits per heavy atom. The van der Waals surface area contributed by atoms with Crippen LogP contribution < -0.4 is 5.32 Å². The van der Waals surface area contributed by atoms with Crippen molar-refractivity contribution in [2.24, 2.45) is 7.05 Å². The van der Waals surface area contributed by atoms with Crippen LogP contribution in [0.1, 0.15) is 27.3 Å². The maximum atomic E-state index is 12.5. The van der Waals surface area contributed by atoms with E-state index in [0.717, 1.165) is 17.0 Å². The van der Waals surface area contributed by atoms with Crippen LogP contribution >= 0.6 is 11.6 Å². The van der Waals surface area contributed by atoms with Crippen molar-refractivity contribution in [1.82, 2.24) is 35.3 Å². The number of hydrogen-bond donors (Lipinski definition) is 1. The molecule has 1 amide bonds. The van der Waals surface area contributed by atoms with E-state index >= 15 is 0 Å². The molecule has 1 N–H and O–H groups in total. The normalized spacial score (nSPS) is 10.8. The van der Waals surface area contributed by atoms with Crippen LogP contribution in [0.2, 0.25) is 5.02 Å². The van der Waals surface area contributed by atoms with Gasteiger partial charge in [-0.3, -0.25) is 9.48 Å². The minimum atomic E-state index is -0.266. The highest BCUT2D eigenvalue weighted by atomic mass is 35.5. The van der Waals surface area contributed by atoms with Gasteiger partial charge in [-0.2, -0.15) is 5.10 Å². The molecule has 0 atom stereocenters. The number of aromatic nitrogens is 6. The summed E-state index contributed by atoms with van der Waals surface area (Å²) in [5.74, 6) is -0.266. The van der Waals surface area contributed by atoms with Crippen LogP contribution in [0.15, 0.2) is 24.5 Å². The fourth-order valence-corrected chi connectivity index (χ4v) is 2.65. The number of rotatable bonds is 4. The number of nitrogens with zero attached hydrogens (tertiary/aromatic N) is 6. The number of benzene rings is 1. The second-order valence-electron chi connectivity index (χ2n) is 5.37. The summed E-state index contributed by atoms with van der Waals surface area (Å²) in [6.45, 7) is 4.27. The summed E-state index contributed by atoms with van der Waals surface area (Å²) in [6.07, 6.45) is 1.45. The Kier molecular flexibility index (Phi) is 4.30. The first-order valence-electron chi connectivity index (χ1n) is 7.27. The summed E-state index contributed by atoms with van der Waals surface area (Å²) in [5, 5.41) is 18.6. The molecule has 0 saturated heterocycles. The topological polar surface area (TPSA) is 90.5 Å². The summed E-state index contributed by atoms with van der Waals surface area (Å²) in [7, 11) is 1.88. The molecule has 0 unspecified atom stereocenters. The quantitative estimate of drug-likeness (QED) is 0.775. The van der Waals surface area contributed by atoms with Crippen molar-refractivity contribution in [3.8, 4) is 5.69 Å². The monoisotopic (exact) mass is 345 g/mol. The summed E-state index contributed by atoms with van der Waals surface area (Å²) in [4.78, 5) is 12.5. The molecule has 0 radical (unpaired) electrons.